The maximum Gasteiger partial charge on any atom is 0.329 e. The molecule has 1 aliphatic heterocycles. The number of halogens is 2. The van der Waals surface area contributed by atoms with Gasteiger partial charge in [-0.2, -0.15) is 0 Å². The van der Waals surface area contributed by atoms with Crippen LogP contribution in [0, 0.1) is 0 Å². The molecule has 0 unspecified atom stereocenters. The zero-order valence-corrected chi connectivity index (χ0v) is 16.2. The van der Waals surface area contributed by atoms with Gasteiger partial charge in [-0.05, 0) is 35.9 Å². The molecule has 0 atom stereocenters. The third-order valence-electron chi connectivity index (χ3n) is 3.91. The Morgan fingerprint density at radius 3 is 2.68 bits per heavy atom. The number of rotatable bonds is 5. The van der Waals surface area contributed by atoms with E-state index in [0.29, 0.717) is 27.0 Å². The number of imide groups is 1. The van der Waals surface area contributed by atoms with Crippen LogP contribution in [0.15, 0.2) is 48.2 Å². The van der Waals surface area contributed by atoms with Gasteiger partial charge in [0.15, 0.2) is 0 Å². The molecule has 2 aromatic rings. The first-order valence-corrected chi connectivity index (χ1v) is 8.87. The van der Waals surface area contributed by atoms with Crippen LogP contribution in [0.1, 0.15) is 5.56 Å². The lowest BCUT2D eigenvalue weighted by atomic mass is 10.2. The van der Waals surface area contributed by atoms with Gasteiger partial charge in [-0.25, -0.2) is 9.69 Å². The van der Waals surface area contributed by atoms with Crippen molar-refractivity contribution in [3.05, 3.63) is 63.8 Å². The van der Waals surface area contributed by atoms with E-state index in [4.69, 9.17) is 27.9 Å². The monoisotopic (exact) mass is 419 g/mol. The van der Waals surface area contributed by atoms with Crippen LogP contribution >= 0.6 is 23.2 Å². The molecule has 1 heterocycles. The summed E-state index contributed by atoms with van der Waals surface area (Å²) in [7, 11) is 1.47. The molecule has 0 bridgehead atoms. The van der Waals surface area contributed by atoms with Crippen molar-refractivity contribution in [2.45, 2.75) is 0 Å². The van der Waals surface area contributed by atoms with Crippen LogP contribution in [0.2, 0.25) is 10.0 Å². The van der Waals surface area contributed by atoms with Crippen LogP contribution in [0.5, 0.6) is 5.75 Å². The second-order valence-electron chi connectivity index (χ2n) is 5.79. The number of anilines is 1. The minimum absolute atomic E-state index is 0.0133. The van der Waals surface area contributed by atoms with Crippen LogP contribution in [-0.4, -0.2) is 36.4 Å². The number of hydrogen-bond donors (Lipinski definition) is 2. The van der Waals surface area contributed by atoms with Crippen molar-refractivity contribution in [3.8, 4) is 5.75 Å². The fraction of sp³-hybridized carbons (Fsp3) is 0.105. The Labute approximate surface area is 170 Å². The zero-order chi connectivity index (χ0) is 20.3. The number of amides is 4. The molecule has 3 rings (SSSR count). The Morgan fingerprint density at radius 2 is 1.96 bits per heavy atom. The molecule has 2 aromatic carbocycles. The van der Waals surface area contributed by atoms with Crippen molar-refractivity contribution in [3.63, 3.8) is 0 Å². The van der Waals surface area contributed by atoms with Crippen LogP contribution in [-0.2, 0) is 9.59 Å². The molecule has 1 fully saturated rings. The van der Waals surface area contributed by atoms with Crippen molar-refractivity contribution in [1.82, 2.24) is 10.2 Å². The van der Waals surface area contributed by atoms with E-state index in [0.717, 1.165) is 4.90 Å². The fourth-order valence-corrected chi connectivity index (χ4v) is 3.03. The third-order valence-corrected chi connectivity index (χ3v) is 4.47. The first kappa shape index (κ1) is 19.7. The van der Waals surface area contributed by atoms with Gasteiger partial charge in [0.1, 0.15) is 18.0 Å². The summed E-state index contributed by atoms with van der Waals surface area (Å²) in [6.45, 7) is -0.450. The fourth-order valence-electron chi connectivity index (χ4n) is 2.57. The number of benzene rings is 2. The molecule has 4 amide bonds. The van der Waals surface area contributed by atoms with E-state index < -0.39 is 24.4 Å². The van der Waals surface area contributed by atoms with Crippen molar-refractivity contribution in [2.75, 3.05) is 19.0 Å². The summed E-state index contributed by atoms with van der Waals surface area (Å²) in [6, 6.07) is 10.9. The number of methoxy groups -OCH3 is 1. The predicted molar refractivity (Wildman–Crippen MR) is 106 cm³/mol. The van der Waals surface area contributed by atoms with Crippen molar-refractivity contribution < 1.29 is 19.1 Å². The van der Waals surface area contributed by atoms with E-state index in [9.17, 15) is 14.4 Å². The van der Waals surface area contributed by atoms with Gasteiger partial charge in [0.25, 0.3) is 5.91 Å². The standard InChI is InChI=1S/C19H15Cl2N3O4/c1-28-16-5-3-2-4-14(16)22-17(25)10-24-18(26)15(23-19(24)27)8-11-6-7-12(20)9-13(11)21/h2-9H,10H2,1H3,(H,22,25)(H,23,27)/b15-8+. The summed E-state index contributed by atoms with van der Waals surface area (Å²) in [5.74, 6) is -0.712. The zero-order valence-electron chi connectivity index (χ0n) is 14.7. The second kappa shape index (κ2) is 8.33. The predicted octanol–water partition coefficient (Wildman–Crippen LogP) is 3.53. The number of para-hydroxylation sites is 2. The molecule has 0 spiro atoms. The smallest absolute Gasteiger partial charge is 0.329 e. The first-order valence-electron chi connectivity index (χ1n) is 8.11. The van der Waals surface area contributed by atoms with Gasteiger partial charge in [-0.3, -0.25) is 9.59 Å². The Bertz CT molecular complexity index is 991. The molecule has 0 aliphatic carbocycles. The van der Waals surface area contributed by atoms with Crippen LogP contribution in [0.3, 0.4) is 0 Å². The van der Waals surface area contributed by atoms with E-state index in [1.165, 1.54) is 19.3 Å². The third kappa shape index (κ3) is 4.27. The van der Waals surface area contributed by atoms with Gasteiger partial charge in [-0.15, -0.1) is 0 Å². The number of ether oxygens (including phenoxy) is 1. The van der Waals surface area contributed by atoms with E-state index in [-0.39, 0.29) is 5.70 Å². The minimum Gasteiger partial charge on any atom is -0.495 e. The van der Waals surface area contributed by atoms with Crippen molar-refractivity contribution in [1.29, 1.82) is 0 Å². The number of nitrogens with zero attached hydrogens (tertiary/aromatic N) is 1. The highest BCUT2D eigenvalue weighted by Gasteiger charge is 2.35. The van der Waals surface area contributed by atoms with Gasteiger partial charge in [0.05, 0.1) is 12.8 Å². The summed E-state index contributed by atoms with van der Waals surface area (Å²) in [4.78, 5) is 37.7. The maximum absolute atomic E-state index is 12.5. The molecule has 0 radical (unpaired) electrons. The van der Waals surface area contributed by atoms with Gasteiger partial charge in [0, 0.05) is 10.0 Å². The molecule has 144 valence electrons. The number of nitrogens with one attached hydrogen (secondary N) is 2. The van der Waals surface area contributed by atoms with Gasteiger partial charge in [0.2, 0.25) is 5.91 Å². The Hall–Kier alpha value is -3.03. The van der Waals surface area contributed by atoms with Crippen molar-refractivity contribution >= 4 is 52.8 Å². The Balaban J connectivity index is 1.73. The minimum atomic E-state index is -0.698. The number of hydrogen-bond acceptors (Lipinski definition) is 4. The molecule has 1 aliphatic rings. The van der Waals surface area contributed by atoms with E-state index in [2.05, 4.69) is 10.6 Å². The molecular formula is C19H15Cl2N3O4. The Kier molecular flexibility index (Phi) is 5.87. The summed E-state index contributed by atoms with van der Waals surface area (Å²) in [6.07, 6.45) is 1.43. The van der Waals surface area contributed by atoms with Crippen LogP contribution < -0.4 is 15.4 Å². The van der Waals surface area contributed by atoms with E-state index in [1.54, 1.807) is 36.4 Å². The SMILES string of the molecule is COc1ccccc1NC(=O)CN1C(=O)N/C(=C/c2ccc(Cl)cc2Cl)C1=O. The number of carbonyl (C=O) groups is 3. The average molecular weight is 420 g/mol. The molecule has 1 saturated heterocycles. The number of carbonyl (C=O) groups excluding carboxylic acids is 3. The molecular weight excluding hydrogens is 405 g/mol. The lowest BCUT2D eigenvalue weighted by Crippen LogP contribution is -2.38. The average Bonchev–Trinajstić information content (AvgIpc) is 2.92. The second-order valence-corrected chi connectivity index (χ2v) is 6.64. The number of urea groups is 1. The molecule has 0 aromatic heterocycles. The van der Waals surface area contributed by atoms with Crippen LogP contribution in [0.4, 0.5) is 10.5 Å². The lowest BCUT2D eigenvalue weighted by Gasteiger charge is -2.13. The van der Waals surface area contributed by atoms with Gasteiger partial charge >= 0.3 is 6.03 Å². The Morgan fingerprint density at radius 1 is 1.21 bits per heavy atom. The first-order chi connectivity index (χ1) is 13.4. The molecule has 2 N–H and O–H groups in total. The summed E-state index contributed by atoms with van der Waals surface area (Å²) < 4.78 is 5.16. The molecule has 9 heteroatoms. The highest BCUT2D eigenvalue weighted by Crippen LogP contribution is 2.25. The molecule has 7 nitrogen and oxygen atoms in total. The highest BCUT2D eigenvalue weighted by molar-refractivity contribution is 6.35. The van der Waals surface area contributed by atoms with Gasteiger partial charge in [-0.1, -0.05) is 41.4 Å². The quantitative estimate of drug-likeness (QED) is 0.572. The van der Waals surface area contributed by atoms with E-state index >= 15 is 0 Å². The van der Waals surface area contributed by atoms with E-state index in [1.807, 2.05) is 0 Å². The largest absolute Gasteiger partial charge is 0.495 e. The maximum atomic E-state index is 12.5. The summed E-state index contributed by atoms with van der Waals surface area (Å²) >= 11 is 11.9. The molecule has 0 saturated carbocycles. The summed E-state index contributed by atoms with van der Waals surface area (Å²) in [5, 5.41) is 5.83. The van der Waals surface area contributed by atoms with Crippen molar-refractivity contribution in [2.24, 2.45) is 0 Å². The van der Waals surface area contributed by atoms with Crippen LogP contribution in [0.25, 0.3) is 6.08 Å². The lowest BCUT2D eigenvalue weighted by molar-refractivity contribution is -0.127. The summed E-state index contributed by atoms with van der Waals surface area (Å²) in [5.41, 5.74) is 0.958. The highest BCUT2D eigenvalue weighted by atomic mass is 35.5. The molecule has 28 heavy (non-hydrogen) atoms. The normalized spacial score (nSPS) is 15.0. The topological polar surface area (TPSA) is 87.7 Å². The van der Waals surface area contributed by atoms with Gasteiger partial charge < -0.3 is 15.4 Å².